The predicted octanol–water partition coefficient (Wildman–Crippen LogP) is 4.48. The highest BCUT2D eigenvalue weighted by atomic mass is 32.2. The number of thioether (sulfide) groups is 2. The first-order chi connectivity index (χ1) is 11.2. The van der Waals surface area contributed by atoms with Gasteiger partial charge in [0.2, 0.25) is 0 Å². The maximum absolute atomic E-state index is 5.24. The van der Waals surface area contributed by atoms with E-state index in [1.165, 1.54) is 24.2 Å². The van der Waals surface area contributed by atoms with Gasteiger partial charge in [0.05, 0.1) is 17.5 Å². The van der Waals surface area contributed by atoms with Crippen LogP contribution in [0.25, 0.3) is 0 Å². The van der Waals surface area contributed by atoms with E-state index in [-0.39, 0.29) is 0 Å². The quantitative estimate of drug-likeness (QED) is 0.737. The van der Waals surface area contributed by atoms with E-state index in [4.69, 9.17) is 4.74 Å². The van der Waals surface area contributed by atoms with Crippen molar-refractivity contribution >= 4 is 23.5 Å². The van der Waals surface area contributed by atoms with E-state index < -0.39 is 0 Å². The molecule has 1 aliphatic rings. The number of imidazole rings is 1. The van der Waals surface area contributed by atoms with Gasteiger partial charge in [0.15, 0.2) is 0 Å². The van der Waals surface area contributed by atoms with Crippen LogP contribution in [0, 0.1) is 0 Å². The van der Waals surface area contributed by atoms with Crippen molar-refractivity contribution in [2.75, 3.05) is 12.9 Å². The number of hydrogen-bond donors (Lipinski definition) is 0. The van der Waals surface area contributed by atoms with Crippen LogP contribution >= 0.6 is 23.5 Å². The van der Waals surface area contributed by atoms with E-state index in [0.717, 1.165) is 24.0 Å². The molecule has 0 spiro atoms. The largest absolute Gasteiger partial charge is 0.497 e. The predicted molar refractivity (Wildman–Crippen MR) is 100 cm³/mol. The molecular weight excluding hydrogens is 324 g/mol. The molecule has 0 bridgehead atoms. The zero-order valence-electron chi connectivity index (χ0n) is 13.8. The minimum absolute atomic E-state index is 0.337. The molecule has 1 fully saturated rings. The van der Waals surface area contributed by atoms with Gasteiger partial charge in [-0.2, -0.15) is 0 Å². The van der Waals surface area contributed by atoms with Crippen molar-refractivity contribution in [3.8, 4) is 5.75 Å². The lowest BCUT2D eigenvalue weighted by Crippen LogP contribution is -2.21. The Labute approximate surface area is 147 Å². The number of benzene rings is 1. The smallest absolute Gasteiger partial charge is 0.118 e. The SMILES string of the molecule is COc1ccc(CCC2(CCn3ccnc3)SCC(C)S2)cc1. The third-order valence-electron chi connectivity index (χ3n) is 4.26. The Balaban J connectivity index is 1.61. The monoisotopic (exact) mass is 348 g/mol. The molecule has 5 heteroatoms. The van der Waals surface area contributed by atoms with Crippen LogP contribution in [-0.4, -0.2) is 31.7 Å². The fraction of sp³-hybridized carbons (Fsp3) is 0.500. The van der Waals surface area contributed by atoms with Crippen LogP contribution in [-0.2, 0) is 13.0 Å². The molecule has 124 valence electrons. The summed E-state index contributed by atoms with van der Waals surface area (Å²) in [6.45, 7) is 3.40. The second kappa shape index (κ2) is 7.67. The van der Waals surface area contributed by atoms with Gasteiger partial charge in [0.25, 0.3) is 0 Å². The van der Waals surface area contributed by atoms with Crippen LogP contribution in [0.5, 0.6) is 5.75 Å². The molecule has 0 radical (unpaired) electrons. The van der Waals surface area contributed by atoms with Crippen molar-refractivity contribution in [1.82, 2.24) is 9.55 Å². The maximum atomic E-state index is 5.24. The Morgan fingerprint density at radius 3 is 2.74 bits per heavy atom. The molecule has 2 unspecified atom stereocenters. The Hall–Kier alpha value is -1.07. The number of hydrogen-bond acceptors (Lipinski definition) is 4. The van der Waals surface area contributed by atoms with E-state index in [9.17, 15) is 0 Å². The topological polar surface area (TPSA) is 27.1 Å². The normalized spacial score (nSPS) is 24.0. The molecule has 3 nitrogen and oxygen atoms in total. The molecule has 0 saturated carbocycles. The Bertz CT molecular complexity index is 600. The summed E-state index contributed by atoms with van der Waals surface area (Å²) < 4.78 is 7.77. The van der Waals surface area contributed by atoms with Gasteiger partial charge < -0.3 is 9.30 Å². The number of rotatable bonds is 7. The van der Waals surface area contributed by atoms with Crippen molar-refractivity contribution in [2.45, 2.75) is 42.1 Å². The molecule has 0 aliphatic carbocycles. The fourth-order valence-corrected chi connectivity index (χ4v) is 6.56. The van der Waals surface area contributed by atoms with Gasteiger partial charge in [-0.15, -0.1) is 23.5 Å². The number of ether oxygens (including phenoxy) is 1. The molecule has 1 aliphatic heterocycles. The number of aromatic nitrogens is 2. The van der Waals surface area contributed by atoms with E-state index >= 15 is 0 Å². The Morgan fingerprint density at radius 2 is 2.13 bits per heavy atom. The molecule has 1 aromatic heterocycles. The van der Waals surface area contributed by atoms with Gasteiger partial charge in [0.1, 0.15) is 5.75 Å². The maximum Gasteiger partial charge on any atom is 0.118 e. The Kier molecular flexibility index (Phi) is 5.59. The highest BCUT2D eigenvalue weighted by Gasteiger charge is 2.38. The van der Waals surface area contributed by atoms with Crippen molar-refractivity contribution in [3.05, 3.63) is 48.5 Å². The summed E-state index contributed by atoms with van der Waals surface area (Å²) >= 11 is 4.32. The first-order valence-electron chi connectivity index (χ1n) is 8.09. The lowest BCUT2D eigenvalue weighted by atomic mass is 10.1. The summed E-state index contributed by atoms with van der Waals surface area (Å²) in [5.41, 5.74) is 1.40. The van der Waals surface area contributed by atoms with Crippen LogP contribution in [0.1, 0.15) is 25.3 Å². The molecule has 2 heterocycles. The summed E-state index contributed by atoms with van der Waals surface area (Å²) in [4.78, 5) is 4.15. The van der Waals surface area contributed by atoms with Crippen LogP contribution in [0.2, 0.25) is 0 Å². The summed E-state index contributed by atoms with van der Waals surface area (Å²) in [5.74, 6) is 2.19. The summed E-state index contributed by atoms with van der Waals surface area (Å²) in [6.07, 6.45) is 9.38. The lowest BCUT2D eigenvalue weighted by molar-refractivity contribution is 0.414. The third-order valence-corrected chi connectivity index (χ3v) is 8.12. The zero-order valence-corrected chi connectivity index (χ0v) is 15.4. The average molecular weight is 349 g/mol. The highest BCUT2D eigenvalue weighted by molar-refractivity contribution is 8.21. The van der Waals surface area contributed by atoms with Gasteiger partial charge in [0, 0.05) is 29.9 Å². The van der Waals surface area contributed by atoms with Crippen LogP contribution in [0.3, 0.4) is 0 Å². The van der Waals surface area contributed by atoms with Gasteiger partial charge in [-0.1, -0.05) is 19.1 Å². The van der Waals surface area contributed by atoms with E-state index in [1.54, 1.807) is 7.11 Å². The molecular formula is C18H24N2OS2. The molecule has 2 atom stereocenters. The molecule has 23 heavy (non-hydrogen) atoms. The second-order valence-corrected chi connectivity index (χ2v) is 9.53. The first-order valence-corrected chi connectivity index (χ1v) is 9.96. The lowest BCUT2D eigenvalue weighted by Gasteiger charge is -2.28. The number of methoxy groups -OCH3 is 1. The second-order valence-electron chi connectivity index (χ2n) is 6.05. The molecule has 1 aromatic carbocycles. The summed E-state index contributed by atoms with van der Waals surface area (Å²) in [6, 6.07) is 8.50. The summed E-state index contributed by atoms with van der Waals surface area (Å²) in [7, 11) is 1.72. The first kappa shape index (κ1) is 16.8. The average Bonchev–Trinajstić information content (AvgIpc) is 3.22. The molecule has 0 N–H and O–H groups in total. The van der Waals surface area contributed by atoms with E-state index in [1.807, 2.05) is 12.5 Å². The van der Waals surface area contributed by atoms with Gasteiger partial charge in [-0.25, -0.2) is 4.98 Å². The van der Waals surface area contributed by atoms with Crippen molar-refractivity contribution in [3.63, 3.8) is 0 Å². The minimum Gasteiger partial charge on any atom is -0.497 e. The molecule has 2 aromatic rings. The van der Waals surface area contributed by atoms with Gasteiger partial charge in [-0.3, -0.25) is 0 Å². The van der Waals surface area contributed by atoms with Crippen molar-refractivity contribution < 1.29 is 4.74 Å². The molecule has 3 rings (SSSR count). The zero-order chi connectivity index (χ0) is 16.1. The third kappa shape index (κ3) is 4.48. The molecule has 1 saturated heterocycles. The molecule has 0 amide bonds. The Morgan fingerprint density at radius 1 is 1.30 bits per heavy atom. The minimum atomic E-state index is 0.337. The number of nitrogens with zero attached hydrogens (tertiary/aromatic N) is 2. The van der Waals surface area contributed by atoms with Crippen LogP contribution in [0.4, 0.5) is 0 Å². The fourth-order valence-electron chi connectivity index (χ4n) is 2.94. The van der Waals surface area contributed by atoms with E-state index in [2.05, 4.69) is 70.5 Å². The van der Waals surface area contributed by atoms with Gasteiger partial charge in [-0.05, 0) is 37.0 Å². The number of aryl methyl sites for hydroxylation is 2. The summed E-state index contributed by atoms with van der Waals surface area (Å²) in [5, 5.41) is 0.749. The van der Waals surface area contributed by atoms with Gasteiger partial charge >= 0.3 is 0 Å². The van der Waals surface area contributed by atoms with E-state index in [0.29, 0.717) is 4.08 Å². The van der Waals surface area contributed by atoms with Crippen LogP contribution in [0.15, 0.2) is 43.0 Å². The van der Waals surface area contributed by atoms with Crippen molar-refractivity contribution in [1.29, 1.82) is 0 Å². The van der Waals surface area contributed by atoms with Crippen LogP contribution < -0.4 is 4.74 Å². The highest BCUT2D eigenvalue weighted by Crippen LogP contribution is 2.53. The standard InChI is InChI=1S/C18H24N2OS2/c1-15-13-22-18(23-15,9-11-20-12-10-19-14-20)8-7-16-3-5-17(21-2)6-4-16/h3-6,10,12,14-15H,7-9,11,13H2,1-2H3. The van der Waals surface area contributed by atoms with Crippen molar-refractivity contribution in [2.24, 2.45) is 0 Å².